The number of ether oxygens (including phenoxy) is 1. The third-order valence-corrected chi connectivity index (χ3v) is 4.45. The molecule has 2 rings (SSSR count). The molecule has 1 unspecified atom stereocenters. The zero-order chi connectivity index (χ0) is 19.4. The monoisotopic (exact) mass is 360 g/mol. The van der Waals surface area contributed by atoms with E-state index in [-0.39, 0.29) is 49.2 Å². The average molecular weight is 360 g/mol. The van der Waals surface area contributed by atoms with Gasteiger partial charge in [-0.25, -0.2) is 0 Å². The Bertz CT molecular complexity index is 693. The Morgan fingerprint density at radius 3 is 2.08 bits per heavy atom. The van der Waals surface area contributed by atoms with Crippen LogP contribution in [0.3, 0.4) is 0 Å². The number of methoxy groups -OCH3 is 1. The van der Waals surface area contributed by atoms with E-state index in [4.69, 9.17) is 4.74 Å². The summed E-state index contributed by atoms with van der Waals surface area (Å²) in [6.07, 6.45) is 0.0114. The van der Waals surface area contributed by atoms with Crippen molar-refractivity contribution in [1.29, 1.82) is 0 Å². The van der Waals surface area contributed by atoms with Gasteiger partial charge in [0.05, 0.1) is 24.2 Å². The average Bonchev–Trinajstić information content (AvgIpc) is 2.87. The zero-order valence-electron chi connectivity index (χ0n) is 15.5. The number of carbonyl (C=O) groups excluding carboxylic acids is 4. The third-order valence-electron chi connectivity index (χ3n) is 4.45. The van der Waals surface area contributed by atoms with Crippen molar-refractivity contribution >= 4 is 23.7 Å². The van der Waals surface area contributed by atoms with Gasteiger partial charge in [-0.2, -0.15) is 0 Å². The first kappa shape index (κ1) is 19.6. The molecule has 1 aromatic carbocycles. The molecular weight excluding hydrogens is 336 g/mol. The molecule has 7 nitrogen and oxygen atoms in total. The highest BCUT2D eigenvalue weighted by atomic mass is 16.5. The van der Waals surface area contributed by atoms with Crippen LogP contribution in [0.1, 0.15) is 47.9 Å². The van der Waals surface area contributed by atoms with Gasteiger partial charge >= 0.3 is 5.97 Å². The van der Waals surface area contributed by atoms with Gasteiger partial charge in [-0.15, -0.1) is 0 Å². The maximum atomic E-state index is 12.6. The Hall–Kier alpha value is -2.70. The molecule has 1 aliphatic heterocycles. The van der Waals surface area contributed by atoms with E-state index in [1.165, 1.54) is 7.11 Å². The zero-order valence-corrected chi connectivity index (χ0v) is 15.5. The molecule has 1 atom stereocenters. The molecule has 0 aliphatic carbocycles. The van der Waals surface area contributed by atoms with Crippen molar-refractivity contribution in [2.75, 3.05) is 20.2 Å². The number of nitrogens with zero attached hydrogens (tertiary/aromatic N) is 2. The Kier molecular flexibility index (Phi) is 6.13. The molecule has 1 aromatic rings. The number of fused-ring (bicyclic) bond motifs is 1. The van der Waals surface area contributed by atoms with E-state index in [9.17, 15) is 19.2 Å². The highest BCUT2D eigenvalue weighted by Gasteiger charge is 2.35. The van der Waals surface area contributed by atoms with Crippen molar-refractivity contribution in [2.45, 2.75) is 33.2 Å². The largest absolute Gasteiger partial charge is 0.469 e. The lowest BCUT2D eigenvalue weighted by Gasteiger charge is -2.29. The summed E-state index contributed by atoms with van der Waals surface area (Å²) in [5, 5.41) is 0. The lowest BCUT2D eigenvalue weighted by atomic mass is 10.1. The minimum absolute atomic E-state index is 0.0114. The van der Waals surface area contributed by atoms with Crippen LogP contribution < -0.4 is 0 Å². The molecule has 140 valence electrons. The summed E-state index contributed by atoms with van der Waals surface area (Å²) >= 11 is 0. The van der Waals surface area contributed by atoms with Crippen LogP contribution in [-0.2, 0) is 14.3 Å². The number of hydrogen-bond acceptors (Lipinski definition) is 5. The van der Waals surface area contributed by atoms with E-state index in [0.29, 0.717) is 11.1 Å². The molecule has 1 aliphatic rings. The minimum Gasteiger partial charge on any atom is -0.469 e. The van der Waals surface area contributed by atoms with Gasteiger partial charge in [0, 0.05) is 25.6 Å². The highest BCUT2D eigenvalue weighted by molar-refractivity contribution is 6.21. The molecule has 1 heterocycles. The molecule has 0 saturated carbocycles. The SMILES string of the molecule is COC(=O)C(C)CN(C(=O)CCN1C(=O)c2ccccc2C1=O)C(C)C. The normalized spacial score (nSPS) is 14.4. The summed E-state index contributed by atoms with van der Waals surface area (Å²) in [6.45, 7) is 5.64. The standard InChI is InChI=1S/C19H24N2O5/c1-12(2)21(11-13(3)19(25)26-4)16(22)9-10-20-17(23)14-7-5-6-8-15(14)18(20)24/h5-8,12-13H,9-11H2,1-4H3. The van der Waals surface area contributed by atoms with E-state index in [2.05, 4.69) is 0 Å². The number of amides is 3. The molecule has 0 N–H and O–H groups in total. The number of hydrogen-bond donors (Lipinski definition) is 0. The van der Waals surface area contributed by atoms with Crippen LogP contribution in [0, 0.1) is 5.92 Å². The molecule has 26 heavy (non-hydrogen) atoms. The number of carbonyl (C=O) groups is 4. The van der Waals surface area contributed by atoms with E-state index < -0.39 is 5.92 Å². The lowest BCUT2D eigenvalue weighted by Crippen LogP contribution is -2.43. The van der Waals surface area contributed by atoms with Crippen molar-refractivity contribution in [3.05, 3.63) is 35.4 Å². The van der Waals surface area contributed by atoms with Gasteiger partial charge in [-0.3, -0.25) is 24.1 Å². The molecule has 0 radical (unpaired) electrons. The van der Waals surface area contributed by atoms with Crippen molar-refractivity contribution in [1.82, 2.24) is 9.80 Å². The van der Waals surface area contributed by atoms with E-state index in [0.717, 1.165) is 4.90 Å². The van der Waals surface area contributed by atoms with Crippen molar-refractivity contribution in [2.24, 2.45) is 5.92 Å². The molecule has 3 amide bonds. The van der Waals surface area contributed by atoms with Crippen LogP contribution in [0.2, 0.25) is 0 Å². The van der Waals surface area contributed by atoms with Crippen LogP contribution in [0.5, 0.6) is 0 Å². The Morgan fingerprint density at radius 1 is 1.08 bits per heavy atom. The quantitative estimate of drug-likeness (QED) is 0.546. The molecule has 0 fully saturated rings. The fourth-order valence-corrected chi connectivity index (χ4v) is 2.96. The highest BCUT2D eigenvalue weighted by Crippen LogP contribution is 2.22. The van der Waals surface area contributed by atoms with Gasteiger partial charge in [0.25, 0.3) is 11.8 Å². The van der Waals surface area contributed by atoms with Crippen LogP contribution in [0.4, 0.5) is 0 Å². The first-order valence-electron chi connectivity index (χ1n) is 8.60. The topological polar surface area (TPSA) is 84.0 Å². The number of imide groups is 1. The van der Waals surface area contributed by atoms with Gasteiger partial charge in [0.15, 0.2) is 0 Å². The van der Waals surface area contributed by atoms with E-state index >= 15 is 0 Å². The van der Waals surface area contributed by atoms with E-state index in [1.54, 1.807) is 36.1 Å². The summed E-state index contributed by atoms with van der Waals surface area (Å²) in [6, 6.07) is 6.50. The predicted molar refractivity (Wildman–Crippen MR) is 94.5 cm³/mol. The van der Waals surface area contributed by atoms with Crippen LogP contribution in [0.15, 0.2) is 24.3 Å². The van der Waals surface area contributed by atoms with Crippen LogP contribution in [-0.4, -0.2) is 59.7 Å². The summed E-state index contributed by atoms with van der Waals surface area (Å²) in [7, 11) is 1.31. The van der Waals surface area contributed by atoms with Gasteiger partial charge in [-0.1, -0.05) is 19.1 Å². The predicted octanol–water partition coefficient (Wildman–Crippen LogP) is 1.72. The molecule has 0 aromatic heterocycles. The van der Waals surface area contributed by atoms with Crippen molar-refractivity contribution in [3.63, 3.8) is 0 Å². The summed E-state index contributed by atoms with van der Waals surface area (Å²) < 4.78 is 4.70. The number of rotatable bonds is 7. The molecule has 0 saturated heterocycles. The third kappa shape index (κ3) is 3.92. The second kappa shape index (κ2) is 8.12. The number of esters is 1. The van der Waals surface area contributed by atoms with Gasteiger partial charge in [0.2, 0.25) is 5.91 Å². The van der Waals surface area contributed by atoms with Crippen LogP contribution >= 0.6 is 0 Å². The molecule has 0 bridgehead atoms. The van der Waals surface area contributed by atoms with Crippen molar-refractivity contribution < 1.29 is 23.9 Å². The number of benzene rings is 1. The second-order valence-electron chi connectivity index (χ2n) is 6.62. The van der Waals surface area contributed by atoms with Gasteiger partial charge < -0.3 is 9.64 Å². The second-order valence-corrected chi connectivity index (χ2v) is 6.62. The first-order chi connectivity index (χ1) is 12.3. The molecule has 0 spiro atoms. The molecule has 7 heteroatoms. The smallest absolute Gasteiger partial charge is 0.310 e. The maximum Gasteiger partial charge on any atom is 0.310 e. The Morgan fingerprint density at radius 2 is 1.62 bits per heavy atom. The molecular formula is C19H24N2O5. The lowest BCUT2D eigenvalue weighted by molar-refractivity contribution is -0.146. The summed E-state index contributed by atoms with van der Waals surface area (Å²) in [4.78, 5) is 51.6. The minimum atomic E-state index is -0.453. The fraction of sp³-hybridized carbons (Fsp3) is 0.474. The Balaban J connectivity index is 2.01. The fourth-order valence-electron chi connectivity index (χ4n) is 2.96. The van der Waals surface area contributed by atoms with Crippen molar-refractivity contribution in [3.8, 4) is 0 Å². The maximum absolute atomic E-state index is 12.6. The Labute approximate surface area is 152 Å². The van der Waals surface area contributed by atoms with Crippen LogP contribution in [0.25, 0.3) is 0 Å². The van der Waals surface area contributed by atoms with Gasteiger partial charge in [-0.05, 0) is 26.0 Å². The summed E-state index contributed by atoms with van der Waals surface area (Å²) in [5.74, 6) is -1.81. The summed E-state index contributed by atoms with van der Waals surface area (Å²) in [5.41, 5.74) is 0.731. The first-order valence-corrected chi connectivity index (χ1v) is 8.60. The van der Waals surface area contributed by atoms with Gasteiger partial charge in [0.1, 0.15) is 0 Å². The van der Waals surface area contributed by atoms with E-state index in [1.807, 2.05) is 13.8 Å².